The molecule has 2 atom stereocenters. The summed E-state index contributed by atoms with van der Waals surface area (Å²) in [5.41, 5.74) is 0. The Morgan fingerprint density at radius 3 is 2.67 bits per heavy atom. The summed E-state index contributed by atoms with van der Waals surface area (Å²) in [5, 5.41) is 12.5. The fourth-order valence-corrected chi connectivity index (χ4v) is 1.91. The zero-order chi connectivity index (χ0) is 8.39. The molecule has 2 aliphatic rings. The summed E-state index contributed by atoms with van der Waals surface area (Å²) >= 11 is 0. The van der Waals surface area contributed by atoms with Crippen LogP contribution in [0, 0.1) is 5.92 Å². The quantitative estimate of drug-likeness (QED) is 0.616. The average molecular weight is 167 g/mol. The molecule has 1 fully saturated rings. The lowest BCUT2D eigenvalue weighted by atomic mass is 9.92. The molecule has 0 bridgehead atoms. The molecule has 2 aliphatic carbocycles. The van der Waals surface area contributed by atoms with Gasteiger partial charge in [0.2, 0.25) is 0 Å². The van der Waals surface area contributed by atoms with E-state index in [-0.39, 0.29) is 0 Å². The Morgan fingerprint density at radius 1 is 1.33 bits per heavy atom. The molecule has 0 spiro atoms. The van der Waals surface area contributed by atoms with Gasteiger partial charge in [-0.3, -0.25) is 0 Å². The molecular weight excluding hydrogens is 150 g/mol. The number of hydrogen-bond donors (Lipinski definition) is 2. The number of hydrogen-bond acceptors (Lipinski definition) is 2. The van der Waals surface area contributed by atoms with Crippen LogP contribution in [0.15, 0.2) is 12.2 Å². The van der Waals surface area contributed by atoms with Crippen molar-refractivity contribution in [1.82, 2.24) is 5.32 Å². The van der Waals surface area contributed by atoms with Crippen molar-refractivity contribution >= 4 is 0 Å². The number of aliphatic hydroxyl groups is 1. The maximum absolute atomic E-state index is 8.91. The van der Waals surface area contributed by atoms with Gasteiger partial charge in [-0.05, 0) is 19.3 Å². The normalized spacial score (nSPS) is 35.4. The third-order valence-electron chi connectivity index (χ3n) is 2.96. The standard InChI is InChI=1S/C10H17NO/c12-7-8-4-5-10(6-8)11-9-2-1-3-9/h4-5,8-12H,1-3,6-7H2/t8-,10+/m0/s1. The molecule has 2 heteroatoms. The summed E-state index contributed by atoms with van der Waals surface area (Å²) < 4.78 is 0. The summed E-state index contributed by atoms with van der Waals surface area (Å²) in [5.74, 6) is 0.405. The van der Waals surface area contributed by atoms with E-state index in [0.29, 0.717) is 18.6 Å². The van der Waals surface area contributed by atoms with Gasteiger partial charge >= 0.3 is 0 Å². The summed E-state index contributed by atoms with van der Waals surface area (Å²) in [6.07, 6.45) is 9.50. The zero-order valence-corrected chi connectivity index (χ0v) is 7.37. The minimum Gasteiger partial charge on any atom is -0.396 e. The van der Waals surface area contributed by atoms with Crippen molar-refractivity contribution in [3.8, 4) is 0 Å². The van der Waals surface area contributed by atoms with Crippen LogP contribution < -0.4 is 5.32 Å². The lowest BCUT2D eigenvalue weighted by Crippen LogP contribution is -2.41. The van der Waals surface area contributed by atoms with Gasteiger partial charge in [-0.25, -0.2) is 0 Å². The minimum atomic E-state index is 0.305. The second-order valence-electron chi connectivity index (χ2n) is 3.96. The van der Waals surface area contributed by atoms with E-state index in [9.17, 15) is 0 Å². The molecule has 0 unspecified atom stereocenters. The highest BCUT2D eigenvalue weighted by molar-refractivity contribution is 5.06. The molecule has 0 heterocycles. The van der Waals surface area contributed by atoms with Gasteiger partial charge in [0.05, 0.1) is 0 Å². The van der Waals surface area contributed by atoms with Crippen molar-refractivity contribution in [2.45, 2.75) is 37.8 Å². The number of aliphatic hydroxyl groups excluding tert-OH is 1. The summed E-state index contributed by atoms with van der Waals surface area (Å²) in [6, 6.07) is 1.30. The first-order valence-electron chi connectivity index (χ1n) is 4.93. The maximum atomic E-state index is 8.91. The maximum Gasteiger partial charge on any atom is 0.0494 e. The Morgan fingerprint density at radius 2 is 2.17 bits per heavy atom. The van der Waals surface area contributed by atoms with Crippen LogP contribution in [0.1, 0.15) is 25.7 Å². The molecule has 68 valence electrons. The molecule has 0 aliphatic heterocycles. The lowest BCUT2D eigenvalue weighted by molar-refractivity contribution is 0.239. The molecule has 0 amide bonds. The topological polar surface area (TPSA) is 32.3 Å². The van der Waals surface area contributed by atoms with Gasteiger partial charge in [0.15, 0.2) is 0 Å². The van der Waals surface area contributed by atoms with Gasteiger partial charge in [-0.1, -0.05) is 18.6 Å². The van der Waals surface area contributed by atoms with Gasteiger partial charge in [0.25, 0.3) is 0 Å². The second-order valence-corrected chi connectivity index (χ2v) is 3.96. The molecule has 12 heavy (non-hydrogen) atoms. The van der Waals surface area contributed by atoms with Crippen molar-refractivity contribution in [2.24, 2.45) is 5.92 Å². The lowest BCUT2D eigenvalue weighted by Gasteiger charge is -2.29. The van der Waals surface area contributed by atoms with Crippen LogP contribution in [0.25, 0.3) is 0 Å². The average Bonchev–Trinajstić information content (AvgIpc) is 2.44. The molecular formula is C10H17NO. The molecule has 0 aromatic rings. The molecule has 0 aromatic carbocycles. The van der Waals surface area contributed by atoms with Crippen LogP contribution in [0.3, 0.4) is 0 Å². The smallest absolute Gasteiger partial charge is 0.0494 e. The van der Waals surface area contributed by atoms with Crippen molar-refractivity contribution < 1.29 is 5.11 Å². The molecule has 2 nitrogen and oxygen atoms in total. The van der Waals surface area contributed by atoms with Crippen molar-refractivity contribution in [1.29, 1.82) is 0 Å². The van der Waals surface area contributed by atoms with E-state index < -0.39 is 0 Å². The molecule has 0 aromatic heterocycles. The number of rotatable bonds is 3. The highest BCUT2D eigenvalue weighted by Gasteiger charge is 2.23. The van der Waals surface area contributed by atoms with E-state index >= 15 is 0 Å². The van der Waals surface area contributed by atoms with Crippen LogP contribution in [0.4, 0.5) is 0 Å². The van der Waals surface area contributed by atoms with Crippen LogP contribution in [0.2, 0.25) is 0 Å². The summed E-state index contributed by atoms with van der Waals surface area (Å²) in [7, 11) is 0. The van der Waals surface area contributed by atoms with Crippen molar-refractivity contribution in [2.75, 3.05) is 6.61 Å². The van der Waals surface area contributed by atoms with Gasteiger partial charge < -0.3 is 10.4 Å². The Hall–Kier alpha value is -0.340. The summed E-state index contributed by atoms with van der Waals surface area (Å²) in [4.78, 5) is 0. The van der Waals surface area contributed by atoms with E-state index in [1.807, 2.05) is 0 Å². The monoisotopic (exact) mass is 167 g/mol. The van der Waals surface area contributed by atoms with Crippen LogP contribution in [-0.2, 0) is 0 Å². The first-order chi connectivity index (χ1) is 5.88. The Labute approximate surface area is 73.7 Å². The molecule has 0 saturated heterocycles. The van der Waals surface area contributed by atoms with Gasteiger partial charge in [0, 0.05) is 24.6 Å². The summed E-state index contributed by atoms with van der Waals surface area (Å²) in [6.45, 7) is 0.305. The highest BCUT2D eigenvalue weighted by Crippen LogP contribution is 2.23. The zero-order valence-electron chi connectivity index (χ0n) is 7.37. The largest absolute Gasteiger partial charge is 0.396 e. The van der Waals surface area contributed by atoms with E-state index in [4.69, 9.17) is 5.11 Å². The van der Waals surface area contributed by atoms with Crippen LogP contribution in [0.5, 0.6) is 0 Å². The van der Waals surface area contributed by atoms with Crippen molar-refractivity contribution in [3.05, 3.63) is 12.2 Å². The van der Waals surface area contributed by atoms with E-state index in [1.54, 1.807) is 0 Å². The van der Waals surface area contributed by atoms with Crippen molar-refractivity contribution in [3.63, 3.8) is 0 Å². The van der Waals surface area contributed by atoms with Gasteiger partial charge in [-0.15, -0.1) is 0 Å². The highest BCUT2D eigenvalue weighted by atomic mass is 16.3. The van der Waals surface area contributed by atoms with Crippen LogP contribution in [-0.4, -0.2) is 23.8 Å². The minimum absolute atomic E-state index is 0.305. The molecule has 0 radical (unpaired) electrons. The fraction of sp³-hybridized carbons (Fsp3) is 0.800. The van der Waals surface area contributed by atoms with Crippen LogP contribution >= 0.6 is 0 Å². The first-order valence-corrected chi connectivity index (χ1v) is 4.93. The van der Waals surface area contributed by atoms with Gasteiger partial charge in [0.1, 0.15) is 0 Å². The second kappa shape index (κ2) is 3.58. The third kappa shape index (κ3) is 1.70. The Balaban J connectivity index is 1.73. The molecule has 2 N–H and O–H groups in total. The number of nitrogens with one attached hydrogen (secondary N) is 1. The third-order valence-corrected chi connectivity index (χ3v) is 2.96. The SMILES string of the molecule is OC[C@H]1C=C[C@@H](NC2CCC2)C1. The van der Waals surface area contributed by atoms with E-state index in [1.165, 1.54) is 19.3 Å². The Bertz CT molecular complexity index is 175. The van der Waals surface area contributed by atoms with E-state index in [0.717, 1.165) is 12.5 Å². The predicted octanol–water partition coefficient (Wildman–Crippen LogP) is 1.07. The Kier molecular flexibility index (Phi) is 2.47. The fourth-order valence-electron chi connectivity index (χ4n) is 1.91. The van der Waals surface area contributed by atoms with Gasteiger partial charge in [-0.2, -0.15) is 0 Å². The van der Waals surface area contributed by atoms with E-state index in [2.05, 4.69) is 17.5 Å². The molecule has 1 saturated carbocycles. The molecule has 2 rings (SSSR count). The first kappa shape index (κ1) is 8.27. The predicted molar refractivity (Wildman–Crippen MR) is 48.9 cm³/mol.